The quantitative estimate of drug-likeness (QED) is 0.638. The molecule has 0 bridgehead atoms. The van der Waals surface area contributed by atoms with E-state index in [-0.39, 0.29) is 35.5 Å². The molecule has 0 radical (unpaired) electrons. The summed E-state index contributed by atoms with van der Waals surface area (Å²) in [5.74, 6) is -1.33. The van der Waals surface area contributed by atoms with Gasteiger partial charge in [0.1, 0.15) is 0 Å². The van der Waals surface area contributed by atoms with Gasteiger partial charge in [0, 0.05) is 6.54 Å². The van der Waals surface area contributed by atoms with E-state index in [1.807, 2.05) is 0 Å². The summed E-state index contributed by atoms with van der Waals surface area (Å²) in [6.07, 6.45) is 0.717. The van der Waals surface area contributed by atoms with Gasteiger partial charge >= 0.3 is 5.97 Å². The summed E-state index contributed by atoms with van der Waals surface area (Å²) in [4.78, 5) is 11.4. The molecule has 1 atom stereocenters. The van der Waals surface area contributed by atoms with Crippen LogP contribution >= 0.6 is 12.4 Å². The lowest BCUT2D eigenvalue weighted by atomic mass is 9.87. The SMILES string of the molecule is Cl.O=C(O)c1ccccc1C1NCCc2cc(O)c(O)cc21. The zero-order valence-electron chi connectivity index (χ0n) is 11.6. The van der Waals surface area contributed by atoms with Gasteiger partial charge in [0.05, 0.1) is 11.6 Å². The largest absolute Gasteiger partial charge is 0.504 e. The topological polar surface area (TPSA) is 89.8 Å². The van der Waals surface area contributed by atoms with E-state index in [9.17, 15) is 20.1 Å². The number of benzene rings is 2. The number of hydrogen-bond donors (Lipinski definition) is 4. The molecule has 0 aromatic heterocycles. The number of halogens is 1. The Morgan fingerprint density at radius 3 is 2.50 bits per heavy atom. The van der Waals surface area contributed by atoms with Gasteiger partial charge in [-0.2, -0.15) is 0 Å². The molecule has 2 aromatic carbocycles. The minimum absolute atomic E-state index is 0. The van der Waals surface area contributed by atoms with Crippen molar-refractivity contribution in [2.24, 2.45) is 0 Å². The van der Waals surface area contributed by atoms with Crippen LogP contribution in [-0.4, -0.2) is 27.8 Å². The second-order valence-corrected chi connectivity index (χ2v) is 5.07. The van der Waals surface area contributed by atoms with Crippen molar-refractivity contribution in [1.29, 1.82) is 0 Å². The molecule has 1 aliphatic heterocycles. The molecule has 1 aliphatic rings. The first-order valence-electron chi connectivity index (χ1n) is 6.68. The monoisotopic (exact) mass is 321 g/mol. The van der Waals surface area contributed by atoms with Gasteiger partial charge < -0.3 is 20.6 Å². The summed E-state index contributed by atoms with van der Waals surface area (Å²) in [7, 11) is 0. The van der Waals surface area contributed by atoms with Gasteiger partial charge in [0.2, 0.25) is 0 Å². The molecule has 5 nitrogen and oxygen atoms in total. The zero-order valence-corrected chi connectivity index (χ0v) is 12.4. The van der Waals surface area contributed by atoms with E-state index in [1.54, 1.807) is 30.3 Å². The fraction of sp³-hybridized carbons (Fsp3) is 0.188. The van der Waals surface area contributed by atoms with Crippen LogP contribution in [0.5, 0.6) is 11.5 Å². The molecule has 2 aromatic rings. The van der Waals surface area contributed by atoms with E-state index in [4.69, 9.17) is 0 Å². The Hall–Kier alpha value is -2.24. The predicted molar refractivity (Wildman–Crippen MR) is 84.0 cm³/mol. The molecular weight excluding hydrogens is 306 g/mol. The van der Waals surface area contributed by atoms with Crippen molar-refractivity contribution < 1.29 is 20.1 Å². The molecule has 4 N–H and O–H groups in total. The highest BCUT2D eigenvalue weighted by Gasteiger charge is 2.26. The molecule has 0 fully saturated rings. The lowest BCUT2D eigenvalue weighted by Gasteiger charge is -2.28. The molecule has 116 valence electrons. The Balaban J connectivity index is 0.00000176. The molecule has 0 aliphatic carbocycles. The molecule has 0 saturated heterocycles. The van der Waals surface area contributed by atoms with Gasteiger partial charge in [-0.15, -0.1) is 12.4 Å². The summed E-state index contributed by atoms with van der Waals surface area (Å²) in [5.41, 5.74) is 2.59. The van der Waals surface area contributed by atoms with Crippen molar-refractivity contribution in [1.82, 2.24) is 5.32 Å². The molecule has 0 spiro atoms. The Bertz CT molecular complexity index is 717. The third-order valence-electron chi connectivity index (χ3n) is 3.79. The van der Waals surface area contributed by atoms with Crippen molar-refractivity contribution in [2.45, 2.75) is 12.5 Å². The Morgan fingerprint density at radius 2 is 1.77 bits per heavy atom. The lowest BCUT2D eigenvalue weighted by molar-refractivity contribution is 0.0695. The van der Waals surface area contributed by atoms with Crippen molar-refractivity contribution in [3.63, 3.8) is 0 Å². The van der Waals surface area contributed by atoms with E-state index >= 15 is 0 Å². The number of phenolic OH excluding ortho intramolecular Hbond substituents is 2. The van der Waals surface area contributed by atoms with Crippen molar-refractivity contribution in [2.75, 3.05) is 6.54 Å². The van der Waals surface area contributed by atoms with Crippen LogP contribution in [-0.2, 0) is 6.42 Å². The average Bonchev–Trinajstić information content (AvgIpc) is 2.48. The number of aromatic hydroxyl groups is 2. The predicted octanol–water partition coefficient (Wildman–Crippen LogP) is 2.45. The number of carboxylic acids is 1. The van der Waals surface area contributed by atoms with E-state index in [1.165, 1.54) is 6.07 Å². The Labute approximate surface area is 133 Å². The third kappa shape index (κ3) is 2.73. The maximum absolute atomic E-state index is 11.4. The summed E-state index contributed by atoms with van der Waals surface area (Å²) in [6, 6.07) is 9.53. The molecule has 1 heterocycles. The standard InChI is InChI=1S/C16H15NO4.ClH/c18-13-7-9-5-6-17-15(12(9)8-14(13)19)10-3-1-2-4-11(10)16(20)21;/h1-4,7-8,15,17-19H,5-6H2,(H,20,21);1H. The molecule has 6 heteroatoms. The summed E-state index contributed by atoms with van der Waals surface area (Å²) in [5, 5.41) is 31.9. The van der Waals surface area contributed by atoms with Gasteiger partial charge in [0.15, 0.2) is 11.5 Å². The molecule has 0 saturated carbocycles. The summed E-state index contributed by atoms with van der Waals surface area (Å²) in [6.45, 7) is 0.676. The van der Waals surface area contributed by atoms with Gasteiger partial charge in [-0.25, -0.2) is 4.79 Å². The van der Waals surface area contributed by atoms with Crippen LogP contribution < -0.4 is 5.32 Å². The van der Waals surface area contributed by atoms with E-state index in [2.05, 4.69) is 5.32 Å². The smallest absolute Gasteiger partial charge is 0.336 e. The van der Waals surface area contributed by atoms with Crippen LogP contribution in [0.15, 0.2) is 36.4 Å². The van der Waals surface area contributed by atoms with Crippen molar-refractivity contribution in [3.8, 4) is 11.5 Å². The number of carboxylic acid groups (broad SMARTS) is 1. The molecule has 0 amide bonds. The van der Waals surface area contributed by atoms with Crippen LogP contribution in [0.2, 0.25) is 0 Å². The molecule has 22 heavy (non-hydrogen) atoms. The minimum Gasteiger partial charge on any atom is -0.504 e. The first-order valence-corrected chi connectivity index (χ1v) is 6.68. The highest BCUT2D eigenvalue weighted by molar-refractivity contribution is 5.89. The van der Waals surface area contributed by atoms with Gasteiger partial charge in [0.25, 0.3) is 0 Å². The number of nitrogens with one attached hydrogen (secondary N) is 1. The van der Waals surface area contributed by atoms with E-state index in [0.29, 0.717) is 12.1 Å². The number of hydrogen-bond acceptors (Lipinski definition) is 4. The maximum atomic E-state index is 11.4. The number of phenols is 2. The number of aromatic carboxylic acids is 1. The number of rotatable bonds is 2. The average molecular weight is 322 g/mol. The van der Waals surface area contributed by atoms with Crippen LogP contribution in [0.4, 0.5) is 0 Å². The molecular formula is C16H16ClNO4. The first kappa shape index (κ1) is 16.1. The van der Waals surface area contributed by atoms with Gasteiger partial charge in [-0.05, 0) is 41.3 Å². The van der Waals surface area contributed by atoms with Crippen LogP contribution in [0, 0.1) is 0 Å². The second-order valence-electron chi connectivity index (χ2n) is 5.07. The maximum Gasteiger partial charge on any atom is 0.336 e. The van der Waals surface area contributed by atoms with Crippen molar-refractivity contribution in [3.05, 3.63) is 58.7 Å². The van der Waals surface area contributed by atoms with Gasteiger partial charge in [-0.3, -0.25) is 0 Å². The fourth-order valence-electron chi connectivity index (χ4n) is 2.80. The van der Waals surface area contributed by atoms with E-state index in [0.717, 1.165) is 17.5 Å². The highest BCUT2D eigenvalue weighted by atomic mass is 35.5. The number of carbonyl (C=O) groups is 1. The first-order chi connectivity index (χ1) is 10.1. The molecule has 3 rings (SSSR count). The highest BCUT2D eigenvalue weighted by Crippen LogP contribution is 2.37. The van der Waals surface area contributed by atoms with E-state index < -0.39 is 5.97 Å². The van der Waals surface area contributed by atoms with Crippen LogP contribution in [0.25, 0.3) is 0 Å². The third-order valence-corrected chi connectivity index (χ3v) is 3.79. The van der Waals surface area contributed by atoms with Crippen LogP contribution in [0.1, 0.15) is 33.1 Å². The fourth-order valence-corrected chi connectivity index (χ4v) is 2.80. The molecule has 1 unspecified atom stereocenters. The minimum atomic E-state index is -0.984. The van der Waals surface area contributed by atoms with Crippen molar-refractivity contribution >= 4 is 18.4 Å². The summed E-state index contributed by atoms with van der Waals surface area (Å²) < 4.78 is 0. The normalized spacial score (nSPS) is 16.5. The zero-order chi connectivity index (χ0) is 15.0. The Kier molecular flexibility index (Phi) is 4.59. The number of fused-ring (bicyclic) bond motifs is 1. The lowest BCUT2D eigenvalue weighted by Crippen LogP contribution is -2.31. The second kappa shape index (κ2) is 6.25. The van der Waals surface area contributed by atoms with Crippen LogP contribution in [0.3, 0.4) is 0 Å². The summed E-state index contributed by atoms with van der Waals surface area (Å²) >= 11 is 0. The Morgan fingerprint density at radius 1 is 1.09 bits per heavy atom. The van der Waals surface area contributed by atoms with Gasteiger partial charge in [-0.1, -0.05) is 18.2 Å².